The van der Waals surface area contributed by atoms with Crippen LogP contribution in [0, 0.1) is 18.3 Å². The fourth-order valence-electron chi connectivity index (χ4n) is 1.49. The standard InChI is InChI=1S/C9H13NO2/c1-2-9(12)10-5-3-4-8(6-10)7-11/h1,8,11H,3-7H2. The number of aliphatic hydroxyl groups excluding tert-OH is 1. The van der Waals surface area contributed by atoms with E-state index in [1.807, 2.05) is 0 Å². The summed E-state index contributed by atoms with van der Waals surface area (Å²) in [6, 6.07) is 0. The molecule has 3 nitrogen and oxygen atoms in total. The van der Waals surface area contributed by atoms with E-state index >= 15 is 0 Å². The van der Waals surface area contributed by atoms with E-state index in [2.05, 4.69) is 5.92 Å². The number of hydrogen-bond donors (Lipinski definition) is 1. The lowest BCUT2D eigenvalue weighted by Gasteiger charge is -2.30. The van der Waals surface area contributed by atoms with E-state index in [4.69, 9.17) is 11.5 Å². The largest absolute Gasteiger partial charge is 0.396 e. The molecule has 1 unspecified atom stereocenters. The summed E-state index contributed by atoms with van der Waals surface area (Å²) in [4.78, 5) is 12.7. The molecule has 1 aliphatic rings. The highest BCUT2D eigenvalue weighted by molar-refractivity contribution is 5.92. The molecule has 1 rings (SSSR count). The summed E-state index contributed by atoms with van der Waals surface area (Å²) < 4.78 is 0. The molecular formula is C9H13NO2. The van der Waals surface area contributed by atoms with Gasteiger partial charge in [0, 0.05) is 19.7 Å². The number of carbonyl (C=O) groups is 1. The van der Waals surface area contributed by atoms with E-state index in [1.165, 1.54) is 0 Å². The van der Waals surface area contributed by atoms with Gasteiger partial charge in [-0.15, -0.1) is 6.42 Å². The number of terminal acetylenes is 1. The highest BCUT2D eigenvalue weighted by Gasteiger charge is 2.21. The highest BCUT2D eigenvalue weighted by atomic mass is 16.3. The molecule has 0 bridgehead atoms. The second-order valence-corrected chi connectivity index (χ2v) is 3.09. The molecule has 0 aromatic rings. The van der Waals surface area contributed by atoms with Crippen molar-refractivity contribution in [3.8, 4) is 12.3 Å². The lowest BCUT2D eigenvalue weighted by atomic mass is 9.99. The van der Waals surface area contributed by atoms with Crippen LogP contribution in [-0.2, 0) is 4.79 Å². The minimum atomic E-state index is -0.256. The van der Waals surface area contributed by atoms with E-state index in [-0.39, 0.29) is 18.4 Å². The molecule has 0 aromatic heterocycles. The maximum atomic E-state index is 11.0. The molecule has 1 aliphatic heterocycles. The molecule has 12 heavy (non-hydrogen) atoms. The fourth-order valence-corrected chi connectivity index (χ4v) is 1.49. The summed E-state index contributed by atoms with van der Waals surface area (Å²) in [6.07, 6.45) is 6.92. The predicted octanol–water partition coefficient (Wildman–Crippen LogP) is -0.150. The first-order valence-electron chi connectivity index (χ1n) is 4.14. The van der Waals surface area contributed by atoms with Gasteiger partial charge in [-0.2, -0.15) is 0 Å². The van der Waals surface area contributed by atoms with Crippen molar-refractivity contribution in [3.63, 3.8) is 0 Å². The third-order valence-electron chi connectivity index (χ3n) is 2.19. The van der Waals surface area contributed by atoms with Gasteiger partial charge in [0.05, 0.1) is 0 Å². The predicted molar refractivity (Wildman–Crippen MR) is 45.2 cm³/mol. The molecule has 66 valence electrons. The molecule has 0 radical (unpaired) electrons. The molecule has 0 aromatic carbocycles. The van der Waals surface area contributed by atoms with Crippen LogP contribution in [0.3, 0.4) is 0 Å². The van der Waals surface area contributed by atoms with Gasteiger partial charge in [-0.25, -0.2) is 0 Å². The Morgan fingerprint density at radius 1 is 1.75 bits per heavy atom. The lowest BCUT2D eigenvalue weighted by Crippen LogP contribution is -2.40. The fraction of sp³-hybridized carbons (Fsp3) is 0.667. The summed E-state index contributed by atoms with van der Waals surface area (Å²) in [5, 5.41) is 8.87. The van der Waals surface area contributed by atoms with Crippen molar-refractivity contribution in [2.24, 2.45) is 5.92 Å². The monoisotopic (exact) mass is 167 g/mol. The number of likely N-dealkylation sites (tertiary alicyclic amines) is 1. The quantitative estimate of drug-likeness (QED) is 0.552. The molecule has 1 amide bonds. The maximum Gasteiger partial charge on any atom is 0.298 e. The van der Waals surface area contributed by atoms with Gasteiger partial charge in [-0.05, 0) is 24.7 Å². The van der Waals surface area contributed by atoms with E-state index < -0.39 is 0 Å². The zero-order chi connectivity index (χ0) is 8.97. The maximum absolute atomic E-state index is 11.0. The first kappa shape index (κ1) is 9.08. The molecule has 0 saturated carbocycles. The molecule has 1 N–H and O–H groups in total. The molecule has 1 heterocycles. The van der Waals surface area contributed by atoms with Gasteiger partial charge in [-0.1, -0.05) is 0 Å². The average molecular weight is 167 g/mol. The van der Waals surface area contributed by atoms with Crippen LogP contribution in [0.5, 0.6) is 0 Å². The molecule has 1 saturated heterocycles. The molecule has 1 fully saturated rings. The minimum Gasteiger partial charge on any atom is -0.396 e. The zero-order valence-corrected chi connectivity index (χ0v) is 6.99. The highest BCUT2D eigenvalue weighted by Crippen LogP contribution is 2.15. The Balaban J connectivity index is 2.47. The number of aliphatic hydroxyl groups is 1. The minimum absolute atomic E-state index is 0.147. The van der Waals surface area contributed by atoms with Crippen LogP contribution in [0.25, 0.3) is 0 Å². The van der Waals surface area contributed by atoms with Crippen molar-refractivity contribution in [1.29, 1.82) is 0 Å². The van der Waals surface area contributed by atoms with Crippen LogP contribution < -0.4 is 0 Å². The van der Waals surface area contributed by atoms with Gasteiger partial charge in [0.1, 0.15) is 0 Å². The Hall–Kier alpha value is -1.01. The zero-order valence-electron chi connectivity index (χ0n) is 6.99. The summed E-state index contributed by atoms with van der Waals surface area (Å²) >= 11 is 0. The normalized spacial score (nSPS) is 23.3. The van der Waals surface area contributed by atoms with Gasteiger partial charge in [-0.3, -0.25) is 4.79 Å². The summed E-state index contributed by atoms with van der Waals surface area (Å²) in [6.45, 7) is 1.49. The van der Waals surface area contributed by atoms with E-state index in [9.17, 15) is 4.79 Å². The molecule has 0 spiro atoms. The number of rotatable bonds is 1. The van der Waals surface area contributed by atoms with Gasteiger partial charge in [0.2, 0.25) is 0 Å². The van der Waals surface area contributed by atoms with Crippen LogP contribution in [-0.4, -0.2) is 35.6 Å². The van der Waals surface area contributed by atoms with Gasteiger partial charge in [0.25, 0.3) is 5.91 Å². The SMILES string of the molecule is C#CC(=O)N1CCCC(CO)C1. The average Bonchev–Trinajstić information content (AvgIpc) is 2.17. The molecule has 0 aliphatic carbocycles. The molecule has 3 heteroatoms. The number of piperidine rings is 1. The molecular weight excluding hydrogens is 154 g/mol. The van der Waals surface area contributed by atoms with Crippen LogP contribution in [0.2, 0.25) is 0 Å². The Morgan fingerprint density at radius 3 is 3.08 bits per heavy atom. The van der Waals surface area contributed by atoms with Crippen LogP contribution >= 0.6 is 0 Å². The van der Waals surface area contributed by atoms with Gasteiger partial charge >= 0.3 is 0 Å². The van der Waals surface area contributed by atoms with Crippen LogP contribution in [0.15, 0.2) is 0 Å². The van der Waals surface area contributed by atoms with Gasteiger partial charge < -0.3 is 10.0 Å². The number of carbonyl (C=O) groups excluding carboxylic acids is 1. The van der Waals surface area contributed by atoms with Crippen molar-refractivity contribution in [1.82, 2.24) is 4.90 Å². The summed E-state index contributed by atoms with van der Waals surface area (Å²) in [7, 11) is 0. The van der Waals surface area contributed by atoms with Crippen molar-refractivity contribution in [3.05, 3.63) is 0 Å². The lowest BCUT2D eigenvalue weighted by molar-refractivity contribution is -0.127. The Morgan fingerprint density at radius 2 is 2.50 bits per heavy atom. The first-order chi connectivity index (χ1) is 5.77. The second kappa shape index (κ2) is 4.13. The van der Waals surface area contributed by atoms with Crippen molar-refractivity contribution < 1.29 is 9.90 Å². The Labute approximate surface area is 72.4 Å². The number of amides is 1. The summed E-state index contributed by atoms with van der Waals surface area (Å²) in [5.74, 6) is 2.05. The van der Waals surface area contributed by atoms with Gasteiger partial charge in [0.15, 0.2) is 0 Å². The number of nitrogens with zero attached hydrogens (tertiary/aromatic N) is 1. The van der Waals surface area contributed by atoms with Crippen molar-refractivity contribution in [2.75, 3.05) is 19.7 Å². The van der Waals surface area contributed by atoms with E-state index in [0.717, 1.165) is 19.4 Å². The first-order valence-corrected chi connectivity index (χ1v) is 4.14. The molecule has 1 atom stereocenters. The second-order valence-electron chi connectivity index (χ2n) is 3.09. The van der Waals surface area contributed by atoms with Crippen molar-refractivity contribution in [2.45, 2.75) is 12.8 Å². The van der Waals surface area contributed by atoms with Crippen LogP contribution in [0.4, 0.5) is 0 Å². The smallest absolute Gasteiger partial charge is 0.298 e. The van der Waals surface area contributed by atoms with E-state index in [1.54, 1.807) is 4.90 Å². The Bertz CT molecular complexity index is 207. The topological polar surface area (TPSA) is 40.5 Å². The van der Waals surface area contributed by atoms with E-state index in [0.29, 0.717) is 6.54 Å². The third kappa shape index (κ3) is 1.99. The van der Waals surface area contributed by atoms with Crippen LogP contribution in [0.1, 0.15) is 12.8 Å². The van der Waals surface area contributed by atoms with Crippen molar-refractivity contribution >= 4 is 5.91 Å². The third-order valence-corrected chi connectivity index (χ3v) is 2.19. The number of hydrogen-bond acceptors (Lipinski definition) is 2. The summed E-state index contributed by atoms with van der Waals surface area (Å²) in [5.41, 5.74) is 0. The Kier molecular flexibility index (Phi) is 3.12.